The van der Waals surface area contributed by atoms with Crippen LogP contribution in [-0.2, 0) is 13.0 Å². The highest BCUT2D eigenvalue weighted by atomic mass is 15.0. The molecule has 1 aromatic heterocycles. The van der Waals surface area contributed by atoms with Gasteiger partial charge in [-0.25, -0.2) is 4.98 Å². The van der Waals surface area contributed by atoms with E-state index in [9.17, 15) is 0 Å². The van der Waals surface area contributed by atoms with Crippen molar-refractivity contribution in [3.8, 4) is 12.3 Å². The van der Waals surface area contributed by atoms with Gasteiger partial charge in [-0.05, 0) is 6.92 Å². The number of nitrogens with zero attached hydrogens (tertiary/aromatic N) is 2. The SMILES string of the molecule is C#CCc1cncn1CC. The summed E-state index contributed by atoms with van der Waals surface area (Å²) in [5, 5.41) is 0. The topological polar surface area (TPSA) is 17.8 Å². The van der Waals surface area contributed by atoms with Crippen molar-refractivity contribution in [3.05, 3.63) is 18.2 Å². The first kappa shape index (κ1) is 6.88. The maximum Gasteiger partial charge on any atom is 0.0948 e. The quantitative estimate of drug-likeness (QED) is 0.553. The van der Waals surface area contributed by atoms with Crippen LogP contribution in [0.1, 0.15) is 12.6 Å². The van der Waals surface area contributed by atoms with Gasteiger partial charge >= 0.3 is 0 Å². The lowest BCUT2D eigenvalue weighted by Gasteiger charge is -1.98. The maximum absolute atomic E-state index is 5.15. The van der Waals surface area contributed by atoms with Gasteiger partial charge in [-0.1, -0.05) is 0 Å². The second-order valence-electron chi connectivity index (χ2n) is 2.05. The molecule has 0 atom stereocenters. The number of aryl methyl sites for hydroxylation is 1. The van der Waals surface area contributed by atoms with Crippen LogP contribution in [0.15, 0.2) is 12.5 Å². The predicted molar refractivity (Wildman–Crippen MR) is 40.4 cm³/mol. The highest BCUT2D eigenvalue weighted by Crippen LogP contribution is 1.98. The minimum Gasteiger partial charge on any atom is -0.334 e. The first-order valence-corrected chi connectivity index (χ1v) is 3.31. The lowest BCUT2D eigenvalue weighted by molar-refractivity contribution is 0.728. The number of rotatable bonds is 2. The fourth-order valence-electron chi connectivity index (χ4n) is 0.885. The van der Waals surface area contributed by atoms with E-state index in [1.54, 1.807) is 6.33 Å². The number of imidazole rings is 1. The third kappa shape index (κ3) is 1.19. The van der Waals surface area contributed by atoms with E-state index in [0.29, 0.717) is 6.42 Å². The summed E-state index contributed by atoms with van der Waals surface area (Å²) in [6.07, 6.45) is 9.43. The zero-order valence-electron chi connectivity index (χ0n) is 6.04. The average molecular weight is 134 g/mol. The summed E-state index contributed by atoms with van der Waals surface area (Å²) < 4.78 is 2.04. The number of aromatic nitrogens is 2. The monoisotopic (exact) mass is 134 g/mol. The molecule has 1 rings (SSSR count). The Morgan fingerprint density at radius 1 is 1.80 bits per heavy atom. The first-order valence-electron chi connectivity index (χ1n) is 3.31. The van der Waals surface area contributed by atoms with Crippen molar-refractivity contribution in [2.24, 2.45) is 0 Å². The molecule has 0 amide bonds. The Morgan fingerprint density at radius 3 is 3.20 bits per heavy atom. The zero-order valence-corrected chi connectivity index (χ0v) is 6.04. The molecular weight excluding hydrogens is 124 g/mol. The van der Waals surface area contributed by atoms with Crippen LogP contribution in [0.3, 0.4) is 0 Å². The van der Waals surface area contributed by atoms with Crippen molar-refractivity contribution in [1.29, 1.82) is 0 Å². The molecule has 10 heavy (non-hydrogen) atoms. The smallest absolute Gasteiger partial charge is 0.0948 e. The lowest BCUT2D eigenvalue weighted by Crippen LogP contribution is -1.97. The van der Waals surface area contributed by atoms with Crippen LogP contribution in [-0.4, -0.2) is 9.55 Å². The molecule has 0 aliphatic rings. The van der Waals surface area contributed by atoms with Crippen LogP contribution >= 0.6 is 0 Å². The normalized spacial score (nSPS) is 9.20. The van der Waals surface area contributed by atoms with Gasteiger partial charge in [-0.3, -0.25) is 0 Å². The van der Waals surface area contributed by atoms with E-state index in [4.69, 9.17) is 6.42 Å². The van der Waals surface area contributed by atoms with E-state index < -0.39 is 0 Å². The molecule has 0 fully saturated rings. The molecule has 2 heteroatoms. The Morgan fingerprint density at radius 2 is 2.60 bits per heavy atom. The maximum atomic E-state index is 5.15. The van der Waals surface area contributed by atoms with Crippen LogP contribution in [0.5, 0.6) is 0 Å². The largest absolute Gasteiger partial charge is 0.334 e. The summed E-state index contributed by atoms with van der Waals surface area (Å²) in [4.78, 5) is 3.98. The average Bonchev–Trinajstić information content (AvgIpc) is 2.36. The van der Waals surface area contributed by atoms with Crippen LogP contribution < -0.4 is 0 Å². The lowest BCUT2D eigenvalue weighted by atomic mass is 10.3. The van der Waals surface area contributed by atoms with Crippen molar-refractivity contribution in [3.63, 3.8) is 0 Å². The molecule has 0 spiro atoms. The van der Waals surface area contributed by atoms with Gasteiger partial charge in [0, 0.05) is 18.4 Å². The molecule has 0 saturated heterocycles. The molecule has 0 aliphatic heterocycles. The molecular formula is C8H10N2. The second-order valence-corrected chi connectivity index (χ2v) is 2.05. The van der Waals surface area contributed by atoms with Crippen molar-refractivity contribution in [2.45, 2.75) is 19.9 Å². The Kier molecular flexibility index (Phi) is 2.11. The van der Waals surface area contributed by atoms with Crippen LogP contribution in [0, 0.1) is 12.3 Å². The van der Waals surface area contributed by atoms with E-state index in [1.165, 1.54) is 0 Å². The summed E-state index contributed by atoms with van der Waals surface area (Å²) in [6, 6.07) is 0. The Labute approximate surface area is 60.9 Å². The molecule has 0 radical (unpaired) electrons. The molecule has 0 bridgehead atoms. The molecule has 0 aromatic carbocycles. The second kappa shape index (κ2) is 3.07. The van der Waals surface area contributed by atoms with Gasteiger partial charge in [0.15, 0.2) is 0 Å². The fourth-order valence-corrected chi connectivity index (χ4v) is 0.885. The van der Waals surface area contributed by atoms with Crippen molar-refractivity contribution < 1.29 is 0 Å². The Balaban J connectivity index is 2.82. The highest BCUT2D eigenvalue weighted by Gasteiger charge is 1.95. The highest BCUT2D eigenvalue weighted by molar-refractivity contribution is 5.07. The summed E-state index contributed by atoms with van der Waals surface area (Å²) in [6.45, 7) is 3.01. The van der Waals surface area contributed by atoms with Crippen LogP contribution in [0.2, 0.25) is 0 Å². The van der Waals surface area contributed by atoms with E-state index in [2.05, 4.69) is 17.8 Å². The number of hydrogen-bond acceptors (Lipinski definition) is 1. The van der Waals surface area contributed by atoms with Gasteiger partial charge in [0.1, 0.15) is 0 Å². The van der Waals surface area contributed by atoms with Gasteiger partial charge in [-0.15, -0.1) is 12.3 Å². The number of terminal acetylenes is 1. The standard InChI is InChI=1S/C8H10N2/c1-3-5-8-6-9-7-10(8)4-2/h1,6-7H,4-5H2,2H3. The van der Waals surface area contributed by atoms with Gasteiger partial charge in [0.2, 0.25) is 0 Å². The van der Waals surface area contributed by atoms with E-state index in [-0.39, 0.29) is 0 Å². The molecule has 2 nitrogen and oxygen atoms in total. The Hall–Kier alpha value is -1.23. The fraction of sp³-hybridized carbons (Fsp3) is 0.375. The van der Waals surface area contributed by atoms with Gasteiger partial charge in [0.25, 0.3) is 0 Å². The van der Waals surface area contributed by atoms with Crippen molar-refractivity contribution in [2.75, 3.05) is 0 Å². The van der Waals surface area contributed by atoms with E-state index in [1.807, 2.05) is 10.8 Å². The molecule has 0 N–H and O–H groups in total. The minimum atomic E-state index is 0.674. The van der Waals surface area contributed by atoms with E-state index in [0.717, 1.165) is 12.2 Å². The molecule has 0 aliphatic carbocycles. The summed E-state index contributed by atoms with van der Waals surface area (Å²) in [5.74, 6) is 2.58. The van der Waals surface area contributed by atoms with Gasteiger partial charge < -0.3 is 4.57 Å². The molecule has 0 saturated carbocycles. The van der Waals surface area contributed by atoms with Crippen LogP contribution in [0.25, 0.3) is 0 Å². The summed E-state index contributed by atoms with van der Waals surface area (Å²) in [7, 11) is 0. The molecule has 0 unspecified atom stereocenters. The van der Waals surface area contributed by atoms with Gasteiger partial charge in [0.05, 0.1) is 12.7 Å². The van der Waals surface area contributed by atoms with Crippen LogP contribution in [0.4, 0.5) is 0 Å². The van der Waals surface area contributed by atoms with E-state index >= 15 is 0 Å². The number of hydrogen-bond donors (Lipinski definition) is 0. The molecule has 52 valence electrons. The van der Waals surface area contributed by atoms with Crippen molar-refractivity contribution >= 4 is 0 Å². The molecule has 1 heterocycles. The molecule has 1 aromatic rings. The third-order valence-corrected chi connectivity index (χ3v) is 1.42. The predicted octanol–water partition coefficient (Wildman–Crippen LogP) is 1.08. The minimum absolute atomic E-state index is 0.674. The first-order chi connectivity index (χ1) is 4.88. The Bertz CT molecular complexity index is 242. The van der Waals surface area contributed by atoms with Crippen molar-refractivity contribution in [1.82, 2.24) is 9.55 Å². The summed E-state index contributed by atoms with van der Waals surface area (Å²) >= 11 is 0. The zero-order chi connectivity index (χ0) is 7.40. The third-order valence-electron chi connectivity index (χ3n) is 1.42. The van der Waals surface area contributed by atoms with Gasteiger partial charge in [-0.2, -0.15) is 0 Å². The summed E-state index contributed by atoms with van der Waals surface area (Å²) in [5.41, 5.74) is 1.12.